The maximum Gasteiger partial charge on any atom is 0.240 e. The number of rotatable bonds is 11. The Morgan fingerprint density at radius 2 is 1.50 bits per heavy atom. The second-order valence-electron chi connectivity index (χ2n) is 7.25. The number of benzene rings is 3. The molecule has 0 aliphatic carbocycles. The quantitative estimate of drug-likeness (QED) is 0.457. The van der Waals surface area contributed by atoms with E-state index in [9.17, 15) is 13.2 Å². The Hall–Kier alpha value is -3.16. The first-order valence-corrected chi connectivity index (χ1v) is 12.1. The molecule has 6 nitrogen and oxygen atoms in total. The van der Waals surface area contributed by atoms with Crippen LogP contribution in [0.1, 0.15) is 24.5 Å². The van der Waals surface area contributed by atoms with E-state index in [-0.39, 0.29) is 17.2 Å². The highest BCUT2D eigenvalue weighted by Gasteiger charge is 2.13. The molecule has 0 atom stereocenters. The van der Waals surface area contributed by atoms with Gasteiger partial charge in [-0.15, -0.1) is 0 Å². The Morgan fingerprint density at radius 1 is 0.844 bits per heavy atom. The molecule has 0 aliphatic heterocycles. The maximum absolute atomic E-state index is 12.5. The van der Waals surface area contributed by atoms with Crippen molar-refractivity contribution in [1.82, 2.24) is 4.72 Å². The van der Waals surface area contributed by atoms with E-state index in [0.29, 0.717) is 37.4 Å². The SMILES string of the molecule is CCOc1ccccc1NC(=O)CCc1ccc(S(=O)(=O)NCCc2ccccc2)cc1. The lowest BCUT2D eigenvalue weighted by Crippen LogP contribution is -2.26. The number of hydrogen-bond acceptors (Lipinski definition) is 4. The van der Waals surface area contributed by atoms with Crippen LogP contribution in [0.25, 0.3) is 0 Å². The maximum atomic E-state index is 12.5. The molecule has 7 heteroatoms. The molecule has 3 rings (SSSR count). The molecule has 0 saturated heterocycles. The van der Waals surface area contributed by atoms with Crippen molar-refractivity contribution in [2.24, 2.45) is 0 Å². The van der Waals surface area contributed by atoms with Gasteiger partial charge in [-0.2, -0.15) is 0 Å². The van der Waals surface area contributed by atoms with Crippen molar-refractivity contribution in [3.8, 4) is 5.75 Å². The number of amides is 1. The van der Waals surface area contributed by atoms with Crippen molar-refractivity contribution >= 4 is 21.6 Å². The number of nitrogens with one attached hydrogen (secondary N) is 2. The van der Waals surface area contributed by atoms with Gasteiger partial charge in [-0.3, -0.25) is 4.79 Å². The molecule has 0 radical (unpaired) electrons. The first-order valence-electron chi connectivity index (χ1n) is 10.6. The number of hydrogen-bond donors (Lipinski definition) is 2. The molecule has 0 aliphatic rings. The minimum absolute atomic E-state index is 0.128. The van der Waals surface area contributed by atoms with E-state index in [1.54, 1.807) is 30.3 Å². The monoisotopic (exact) mass is 452 g/mol. The molecule has 1 amide bonds. The molecule has 32 heavy (non-hydrogen) atoms. The molecule has 0 fully saturated rings. The largest absolute Gasteiger partial charge is 0.492 e. The zero-order valence-electron chi connectivity index (χ0n) is 18.1. The fourth-order valence-corrected chi connectivity index (χ4v) is 4.25. The van der Waals surface area contributed by atoms with Crippen LogP contribution < -0.4 is 14.8 Å². The fourth-order valence-electron chi connectivity index (χ4n) is 3.21. The minimum Gasteiger partial charge on any atom is -0.492 e. The van der Waals surface area contributed by atoms with E-state index >= 15 is 0 Å². The number of anilines is 1. The summed E-state index contributed by atoms with van der Waals surface area (Å²) >= 11 is 0. The van der Waals surface area contributed by atoms with Crippen LogP contribution >= 0.6 is 0 Å². The number of aryl methyl sites for hydroxylation is 1. The van der Waals surface area contributed by atoms with Crippen molar-refractivity contribution in [3.05, 3.63) is 90.0 Å². The average Bonchev–Trinajstić information content (AvgIpc) is 2.80. The average molecular weight is 453 g/mol. The van der Waals surface area contributed by atoms with Crippen LogP contribution in [0.2, 0.25) is 0 Å². The highest BCUT2D eigenvalue weighted by atomic mass is 32.2. The van der Waals surface area contributed by atoms with Crippen molar-refractivity contribution in [2.45, 2.75) is 31.1 Å². The third-order valence-electron chi connectivity index (χ3n) is 4.88. The van der Waals surface area contributed by atoms with Crippen LogP contribution in [0.3, 0.4) is 0 Å². The smallest absolute Gasteiger partial charge is 0.240 e. The van der Waals surface area contributed by atoms with E-state index in [0.717, 1.165) is 11.1 Å². The summed E-state index contributed by atoms with van der Waals surface area (Å²) < 4.78 is 33.2. The molecule has 0 saturated carbocycles. The van der Waals surface area contributed by atoms with E-state index < -0.39 is 10.0 Å². The lowest BCUT2D eigenvalue weighted by atomic mass is 10.1. The predicted octanol–water partition coefficient (Wildman–Crippen LogP) is 4.18. The van der Waals surface area contributed by atoms with Crippen LogP contribution in [0.15, 0.2) is 83.8 Å². The van der Waals surface area contributed by atoms with Crippen LogP contribution in [0, 0.1) is 0 Å². The number of para-hydroxylation sites is 2. The summed E-state index contributed by atoms with van der Waals surface area (Å²) in [5.74, 6) is 0.508. The molecule has 0 spiro atoms. The standard InChI is InChI=1S/C25H28N2O4S/c1-2-31-24-11-7-6-10-23(24)27-25(28)17-14-21-12-15-22(16-13-21)32(29,30)26-19-18-20-8-4-3-5-9-20/h3-13,15-16,26H,2,14,17-19H2,1H3,(H,27,28). The van der Waals surface area contributed by atoms with Gasteiger partial charge in [-0.05, 0) is 55.2 Å². The van der Waals surface area contributed by atoms with Gasteiger partial charge >= 0.3 is 0 Å². The zero-order valence-corrected chi connectivity index (χ0v) is 18.9. The second kappa shape index (κ2) is 11.5. The molecular weight excluding hydrogens is 424 g/mol. The van der Waals surface area contributed by atoms with E-state index in [1.165, 1.54) is 0 Å². The summed E-state index contributed by atoms with van der Waals surface area (Å²) in [6, 6.07) is 23.7. The molecule has 3 aromatic carbocycles. The third kappa shape index (κ3) is 6.93. The van der Waals surface area contributed by atoms with Gasteiger partial charge in [0.05, 0.1) is 17.2 Å². The van der Waals surface area contributed by atoms with Gasteiger partial charge in [0.2, 0.25) is 15.9 Å². The first-order chi connectivity index (χ1) is 15.5. The Labute approximate surface area is 189 Å². The molecular formula is C25H28N2O4S. The fraction of sp³-hybridized carbons (Fsp3) is 0.240. The van der Waals surface area contributed by atoms with Gasteiger partial charge in [-0.1, -0.05) is 54.6 Å². The number of carbonyl (C=O) groups excluding carboxylic acids is 1. The lowest BCUT2D eigenvalue weighted by Gasteiger charge is -2.11. The number of sulfonamides is 1. The Kier molecular flexibility index (Phi) is 8.41. The van der Waals surface area contributed by atoms with Gasteiger partial charge in [0.15, 0.2) is 0 Å². The van der Waals surface area contributed by atoms with E-state index in [1.807, 2.05) is 55.5 Å². The second-order valence-corrected chi connectivity index (χ2v) is 9.02. The number of ether oxygens (including phenoxy) is 1. The van der Waals surface area contributed by atoms with Crippen LogP contribution in [-0.2, 0) is 27.7 Å². The molecule has 0 heterocycles. The number of carbonyl (C=O) groups is 1. The summed E-state index contributed by atoms with van der Waals surface area (Å²) in [6.07, 6.45) is 1.41. The van der Waals surface area contributed by atoms with Gasteiger partial charge in [0, 0.05) is 13.0 Å². The molecule has 0 aromatic heterocycles. The Balaban J connectivity index is 1.50. The highest BCUT2D eigenvalue weighted by molar-refractivity contribution is 7.89. The lowest BCUT2D eigenvalue weighted by molar-refractivity contribution is -0.116. The zero-order chi connectivity index (χ0) is 22.8. The molecule has 3 aromatic rings. The van der Waals surface area contributed by atoms with E-state index in [2.05, 4.69) is 10.0 Å². The van der Waals surface area contributed by atoms with Gasteiger partial charge in [0.25, 0.3) is 0 Å². The van der Waals surface area contributed by atoms with Gasteiger partial charge in [0.1, 0.15) is 5.75 Å². The predicted molar refractivity (Wildman–Crippen MR) is 126 cm³/mol. The molecule has 0 unspecified atom stereocenters. The van der Waals surface area contributed by atoms with Crippen molar-refractivity contribution in [3.63, 3.8) is 0 Å². The summed E-state index contributed by atoms with van der Waals surface area (Å²) in [6.45, 7) is 2.74. The summed E-state index contributed by atoms with van der Waals surface area (Å²) in [5, 5.41) is 2.87. The Bertz CT molecular complexity index is 1110. The molecule has 2 N–H and O–H groups in total. The minimum atomic E-state index is -3.57. The highest BCUT2D eigenvalue weighted by Crippen LogP contribution is 2.24. The van der Waals surface area contributed by atoms with Crippen molar-refractivity contribution in [2.75, 3.05) is 18.5 Å². The van der Waals surface area contributed by atoms with Crippen molar-refractivity contribution < 1.29 is 17.9 Å². The summed E-state index contributed by atoms with van der Waals surface area (Å²) in [4.78, 5) is 12.5. The van der Waals surface area contributed by atoms with Crippen LogP contribution in [-0.4, -0.2) is 27.5 Å². The third-order valence-corrected chi connectivity index (χ3v) is 6.36. The van der Waals surface area contributed by atoms with Crippen molar-refractivity contribution in [1.29, 1.82) is 0 Å². The normalized spacial score (nSPS) is 11.2. The van der Waals surface area contributed by atoms with Crippen LogP contribution in [0.5, 0.6) is 5.75 Å². The first kappa shape index (κ1) is 23.5. The Morgan fingerprint density at radius 3 is 2.22 bits per heavy atom. The topological polar surface area (TPSA) is 84.5 Å². The van der Waals surface area contributed by atoms with Gasteiger partial charge in [-0.25, -0.2) is 13.1 Å². The summed E-state index contributed by atoms with van der Waals surface area (Å²) in [5.41, 5.74) is 2.61. The van der Waals surface area contributed by atoms with Crippen LogP contribution in [0.4, 0.5) is 5.69 Å². The molecule has 0 bridgehead atoms. The van der Waals surface area contributed by atoms with Gasteiger partial charge < -0.3 is 10.1 Å². The van der Waals surface area contributed by atoms with E-state index in [4.69, 9.17) is 4.74 Å². The summed E-state index contributed by atoms with van der Waals surface area (Å²) in [7, 11) is -3.57. The molecule has 168 valence electrons.